The molecule has 35 heavy (non-hydrogen) atoms. The van der Waals surface area contributed by atoms with Gasteiger partial charge in [-0.05, 0) is 63.1 Å². The number of nitrogens with zero attached hydrogens (tertiary/aromatic N) is 5. The molecule has 4 rings (SSSR count). The Morgan fingerprint density at radius 3 is 2.74 bits per heavy atom. The average Bonchev–Trinajstić information content (AvgIpc) is 3.40. The molecule has 0 aliphatic carbocycles. The van der Waals surface area contributed by atoms with Crippen LogP contribution in [0.25, 0.3) is 16.8 Å². The van der Waals surface area contributed by atoms with Crippen LogP contribution in [0, 0.1) is 13.8 Å². The van der Waals surface area contributed by atoms with Gasteiger partial charge in [0.25, 0.3) is 0 Å². The number of nitrogens with two attached hydrogens (primary N) is 1. The highest BCUT2D eigenvalue weighted by Gasteiger charge is 2.30. The molecule has 4 heterocycles. The van der Waals surface area contributed by atoms with Gasteiger partial charge in [-0.25, -0.2) is 4.68 Å². The van der Waals surface area contributed by atoms with Gasteiger partial charge in [0.15, 0.2) is 5.88 Å². The second-order valence-electron chi connectivity index (χ2n) is 8.87. The molecule has 0 saturated carbocycles. The summed E-state index contributed by atoms with van der Waals surface area (Å²) in [4.78, 5) is 12.0. The Balaban J connectivity index is 1.88. The van der Waals surface area contributed by atoms with Gasteiger partial charge in [-0.3, -0.25) is 14.9 Å². The summed E-state index contributed by atoms with van der Waals surface area (Å²) in [5.41, 5.74) is 13.7. The summed E-state index contributed by atoms with van der Waals surface area (Å²) < 4.78 is 14.1. The summed E-state index contributed by atoms with van der Waals surface area (Å²) in [7, 11) is 0. The lowest BCUT2D eigenvalue weighted by Gasteiger charge is -2.25. The lowest BCUT2D eigenvalue weighted by atomic mass is 9.97. The van der Waals surface area contributed by atoms with E-state index < -0.39 is 0 Å². The highest BCUT2D eigenvalue weighted by molar-refractivity contribution is 6.04. The first-order chi connectivity index (χ1) is 16.9. The van der Waals surface area contributed by atoms with E-state index in [1.54, 1.807) is 0 Å². The van der Waals surface area contributed by atoms with E-state index in [1.807, 2.05) is 43.8 Å². The van der Waals surface area contributed by atoms with Crippen LogP contribution in [0.5, 0.6) is 5.88 Å². The standard InChI is InChI=1S/C27H36N6O2/c1-7-29-25-16-32(8-2)14-20-15-33-27(35-20)23(13-30-33)24-12-22(18(5)19(6)31-24)17(4)10-11-21(25)26(28)34-9-3/h10-13,20H,4,7-9,14-16,28H2,1-3,5-6H3/b11-10+,26-21+,29-25?/t20-/m0/s1. The lowest BCUT2D eigenvalue weighted by Crippen LogP contribution is -2.39. The molecule has 2 aromatic rings. The summed E-state index contributed by atoms with van der Waals surface area (Å²) >= 11 is 0. The van der Waals surface area contributed by atoms with Gasteiger partial charge in [0.1, 0.15) is 6.10 Å². The maximum Gasteiger partial charge on any atom is 0.221 e. The van der Waals surface area contributed by atoms with Crippen molar-refractivity contribution in [1.82, 2.24) is 19.7 Å². The minimum Gasteiger partial charge on any atom is -0.479 e. The predicted octanol–water partition coefficient (Wildman–Crippen LogP) is 3.90. The Bertz CT molecular complexity index is 1210. The molecule has 0 fully saturated rings. The van der Waals surface area contributed by atoms with Gasteiger partial charge in [-0.1, -0.05) is 19.6 Å². The second kappa shape index (κ2) is 10.5. The number of likely N-dealkylation sites (N-methyl/N-ethyl adjacent to an activating group) is 1. The molecule has 1 atom stereocenters. The first kappa shape index (κ1) is 24.7. The number of hydrogen-bond donors (Lipinski definition) is 1. The van der Waals surface area contributed by atoms with Crippen molar-refractivity contribution in [1.29, 1.82) is 0 Å². The molecular weight excluding hydrogens is 440 g/mol. The summed E-state index contributed by atoms with van der Waals surface area (Å²) in [6.45, 7) is 18.6. The zero-order chi connectivity index (χ0) is 25.1. The van der Waals surface area contributed by atoms with Crippen LogP contribution in [-0.2, 0) is 11.3 Å². The first-order valence-electron chi connectivity index (χ1n) is 12.3. The average molecular weight is 477 g/mol. The Hall–Kier alpha value is -3.39. The predicted molar refractivity (Wildman–Crippen MR) is 140 cm³/mol. The van der Waals surface area contributed by atoms with Gasteiger partial charge in [-0.2, -0.15) is 5.10 Å². The molecule has 186 valence electrons. The van der Waals surface area contributed by atoms with E-state index in [0.29, 0.717) is 32.1 Å². The zero-order valence-corrected chi connectivity index (χ0v) is 21.5. The van der Waals surface area contributed by atoms with Crippen LogP contribution >= 0.6 is 0 Å². The molecular formula is C27H36N6O2. The van der Waals surface area contributed by atoms with Crippen molar-refractivity contribution in [2.75, 3.05) is 32.8 Å². The maximum atomic E-state index is 6.42. The van der Waals surface area contributed by atoms with E-state index in [4.69, 9.17) is 25.2 Å². The Kier molecular flexibility index (Phi) is 7.40. The Morgan fingerprint density at radius 1 is 1.23 bits per heavy atom. The molecule has 8 nitrogen and oxygen atoms in total. The lowest BCUT2D eigenvalue weighted by molar-refractivity contribution is 0.164. The van der Waals surface area contributed by atoms with Crippen LogP contribution in [0.15, 0.2) is 47.4 Å². The fourth-order valence-corrected chi connectivity index (χ4v) is 4.54. The van der Waals surface area contributed by atoms with Crippen molar-refractivity contribution >= 4 is 11.3 Å². The third kappa shape index (κ3) is 5.03. The molecule has 0 aromatic carbocycles. The van der Waals surface area contributed by atoms with E-state index in [2.05, 4.69) is 36.5 Å². The molecule has 2 aliphatic rings. The van der Waals surface area contributed by atoms with Crippen molar-refractivity contribution in [2.24, 2.45) is 10.7 Å². The molecule has 0 unspecified atom stereocenters. The summed E-state index contributed by atoms with van der Waals surface area (Å²) in [6, 6.07) is 2.07. The van der Waals surface area contributed by atoms with Crippen molar-refractivity contribution in [3.05, 3.63) is 59.3 Å². The molecule has 0 spiro atoms. The number of aliphatic imine (C=N–C) groups is 1. The number of hydrogen-bond acceptors (Lipinski definition) is 7. The van der Waals surface area contributed by atoms with Crippen molar-refractivity contribution in [3.63, 3.8) is 0 Å². The number of ether oxygens (including phenoxy) is 2. The van der Waals surface area contributed by atoms with Crippen molar-refractivity contribution in [2.45, 2.75) is 47.3 Å². The normalized spacial score (nSPS) is 21.9. The minimum atomic E-state index is -0.0152. The number of aryl methyl sites for hydroxylation is 1. The number of aromatic nitrogens is 3. The zero-order valence-electron chi connectivity index (χ0n) is 21.5. The first-order valence-corrected chi connectivity index (χ1v) is 12.3. The van der Waals surface area contributed by atoms with Crippen LogP contribution in [0.2, 0.25) is 0 Å². The molecule has 0 amide bonds. The SMILES string of the molecule is C=C1/C=C/C(=C(/N)OCC)C(=NCC)CN(CC)C[C@H]2Cn3ncc(c3O2)-c2cc1c(C)c(C)n2. The number of fused-ring (bicyclic) bond motifs is 4. The van der Waals surface area contributed by atoms with Crippen LogP contribution in [-0.4, -0.2) is 64.3 Å². The fraction of sp³-hybridized carbons (Fsp3) is 0.444. The smallest absolute Gasteiger partial charge is 0.221 e. The van der Waals surface area contributed by atoms with Crippen LogP contribution < -0.4 is 10.5 Å². The third-order valence-corrected chi connectivity index (χ3v) is 6.54. The van der Waals surface area contributed by atoms with Crippen molar-refractivity contribution in [3.8, 4) is 17.1 Å². The summed E-state index contributed by atoms with van der Waals surface area (Å²) in [6.07, 6.45) is 5.80. The monoisotopic (exact) mass is 476 g/mol. The van der Waals surface area contributed by atoms with Gasteiger partial charge in [0, 0.05) is 25.3 Å². The molecule has 2 N–H and O–H groups in total. The van der Waals surface area contributed by atoms with E-state index in [-0.39, 0.29) is 6.10 Å². The molecule has 0 saturated heterocycles. The molecule has 2 aromatic heterocycles. The van der Waals surface area contributed by atoms with E-state index in [9.17, 15) is 0 Å². The number of rotatable bonds is 4. The molecule has 8 heteroatoms. The Morgan fingerprint density at radius 2 is 2.03 bits per heavy atom. The highest BCUT2D eigenvalue weighted by atomic mass is 16.5. The van der Waals surface area contributed by atoms with Gasteiger partial charge in [0.2, 0.25) is 5.88 Å². The quantitative estimate of drug-likeness (QED) is 0.673. The number of allylic oxidation sites excluding steroid dienone is 3. The largest absolute Gasteiger partial charge is 0.479 e. The van der Waals surface area contributed by atoms with Crippen LogP contribution in [0.3, 0.4) is 0 Å². The second-order valence-corrected chi connectivity index (χ2v) is 8.87. The van der Waals surface area contributed by atoms with Crippen LogP contribution in [0.1, 0.15) is 37.6 Å². The summed E-state index contributed by atoms with van der Waals surface area (Å²) in [5.74, 6) is 1.14. The van der Waals surface area contributed by atoms with E-state index in [1.165, 1.54) is 0 Å². The Labute approximate surface area is 207 Å². The minimum absolute atomic E-state index is 0.0152. The highest BCUT2D eigenvalue weighted by Crippen LogP contribution is 2.36. The van der Waals surface area contributed by atoms with Gasteiger partial charge < -0.3 is 15.2 Å². The van der Waals surface area contributed by atoms with E-state index >= 15 is 0 Å². The topological polar surface area (TPSA) is 90.8 Å². The molecule has 4 bridgehead atoms. The van der Waals surface area contributed by atoms with Gasteiger partial charge >= 0.3 is 0 Å². The summed E-state index contributed by atoms with van der Waals surface area (Å²) in [5, 5.41) is 4.59. The maximum absolute atomic E-state index is 6.42. The van der Waals surface area contributed by atoms with Crippen LogP contribution in [0.4, 0.5) is 0 Å². The number of pyridine rings is 1. The van der Waals surface area contributed by atoms with Gasteiger partial charge in [-0.15, -0.1) is 0 Å². The van der Waals surface area contributed by atoms with Gasteiger partial charge in [0.05, 0.1) is 41.9 Å². The molecule has 0 radical (unpaired) electrons. The molecule has 2 aliphatic heterocycles. The fourth-order valence-electron chi connectivity index (χ4n) is 4.54. The third-order valence-electron chi connectivity index (χ3n) is 6.54. The van der Waals surface area contributed by atoms with E-state index in [0.717, 1.165) is 63.9 Å². The van der Waals surface area contributed by atoms with Crippen molar-refractivity contribution < 1.29 is 9.47 Å².